The minimum atomic E-state index is -1.14. The number of fused-ring (bicyclic) bond motifs is 1. The van der Waals surface area contributed by atoms with Crippen molar-refractivity contribution in [1.82, 2.24) is 25.3 Å². The first-order valence-corrected chi connectivity index (χ1v) is 13.6. The van der Waals surface area contributed by atoms with Crippen molar-refractivity contribution >= 4 is 34.8 Å². The number of nitrogens with one attached hydrogen (secondary N) is 2. The average Bonchev–Trinajstić information content (AvgIpc) is 2.99. The van der Waals surface area contributed by atoms with E-state index < -0.39 is 17.4 Å². The van der Waals surface area contributed by atoms with Crippen LogP contribution in [0.1, 0.15) is 40.9 Å². The Balaban J connectivity index is 1.38. The number of carbonyl (C=O) groups excluding carboxylic acids is 2. The van der Waals surface area contributed by atoms with Crippen molar-refractivity contribution in [2.75, 3.05) is 45.3 Å². The number of nitrogen functional groups attached to an aromatic ring is 1. The van der Waals surface area contributed by atoms with Crippen molar-refractivity contribution < 1.29 is 29.0 Å². The second-order valence-electron chi connectivity index (χ2n) is 9.41. The van der Waals surface area contributed by atoms with Crippen LogP contribution < -0.4 is 16.6 Å². The number of rotatable bonds is 19. The Morgan fingerprint density at radius 3 is 2.56 bits per heavy atom. The lowest BCUT2D eigenvalue weighted by Crippen LogP contribution is -2.29. The van der Waals surface area contributed by atoms with Gasteiger partial charge < -0.3 is 25.6 Å². The summed E-state index contributed by atoms with van der Waals surface area (Å²) < 4.78 is 10.5. The lowest BCUT2D eigenvalue weighted by atomic mass is 9.93. The fourth-order valence-electron chi connectivity index (χ4n) is 4.00. The standard InChI is InChI=1S/C27H33N9O7/c28-27-34-24-23(25(39)35-27)33-20(16-31-24)7-3-17-1-4-18(5-2-17)21(37)15-19(26(40)41)6-8-22(38)30-9-11-42-13-14-43-12-10-32-36-29/h1-2,4-5,16,19H,3,6-15H2,(H,30,38)(H,40,41)(H3,28,31,34,35,39). The molecule has 228 valence electrons. The van der Waals surface area contributed by atoms with E-state index in [4.69, 9.17) is 20.7 Å². The molecule has 3 rings (SSSR count). The molecule has 0 aliphatic heterocycles. The molecule has 0 aliphatic rings. The number of carbonyl (C=O) groups is 3. The van der Waals surface area contributed by atoms with Crippen molar-refractivity contribution in [1.29, 1.82) is 0 Å². The molecule has 1 aromatic carbocycles. The molecular formula is C27H33N9O7. The van der Waals surface area contributed by atoms with Crippen LogP contribution in [0.5, 0.6) is 0 Å². The Kier molecular flexibility index (Phi) is 13.0. The highest BCUT2D eigenvalue weighted by molar-refractivity contribution is 5.98. The molecule has 0 saturated carbocycles. The molecular weight excluding hydrogens is 562 g/mol. The van der Waals surface area contributed by atoms with Gasteiger partial charge in [0, 0.05) is 36.4 Å². The number of nitrogens with two attached hydrogens (primary N) is 1. The number of aromatic amines is 1. The number of anilines is 1. The smallest absolute Gasteiger partial charge is 0.306 e. The first-order valence-electron chi connectivity index (χ1n) is 13.6. The second kappa shape index (κ2) is 17.1. The summed E-state index contributed by atoms with van der Waals surface area (Å²) in [7, 11) is 0. The number of azide groups is 1. The summed E-state index contributed by atoms with van der Waals surface area (Å²) in [6.45, 7) is 1.68. The van der Waals surface area contributed by atoms with Gasteiger partial charge in [-0.25, -0.2) is 9.97 Å². The van der Waals surface area contributed by atoms with Crippen LogP contribution in [0.25, 0.3) is 21.6 Å². The molecule has 3 aromatic rings. The summed E-state index contributed by atoms with van der Waals surface area (Å²) in [5.74, 6) is -2.85. The van der Waals surface area contributed by atoms with Crippen molar-refractivity contribution in [2.45, 2.75) is 32.1 Å². The topological polar surface area (TPSA) is 248 Å². The van der Waals surface area contributed by atoms with Crippen LogP contribution in [0.15, 0.2) is 40.4 Å². The Bertz CT molecular complexity index is 1500. The van der Waals surface area contributed by atoms with Crippen LogP contribution in [0.3, 0.4) is 0 Å². The van der Waals surface area contributed by atoms with Crippen LogP contribution in [-0.4, -0.2) is 82.2 Å². The normalized spacial score (nSPS) is 11.5. The van der Waals surface area contributed by atoms with E-state index in [1.54, 1.807) is 24.3 Å². The maximum atomic E-state index is 12.8. The van der Waals surface area contributed by atoms with Gasteiger partial charge in [-0.05, 0) is 30.4 Å². The summed E-state index contributed by atoms with van der Waals surface area (Å²) in [6.07, 6.45) is 2.33. The van der Waals surface area contributed by atoms with Gasteiger partial charge in [-0.3, -0.25) is 24.2 Å². The Labute approximate surface area is 245 Å². The van der Waals surface area contributed by atoms with Crippen molar-refractivity contribution in [2.24, 2.45) is 11.0 Å². The third kappa shape index (κ3) is 11.1. The summed E-state index contributed by atoms with van der Waals surface area (Å²) in [6, 6.07) is 6.82. The number of carboxylic acid groups (broad SMARTS) is 1. The number of benzene rings is 1. The molecule has 0 spiro atoms. The molecule has 16 nitrogen and oxygen atoms in total. The molecule has 0 radical (unpaired) electrons. The molecule has 5 N–H and O–H groups in total. The summed E-state index contributed by atoms with van der Waals surface area (Å²) in [4.78, 5) is 66.1. The molecule has 0 fully saturated rings. The van der Waals surface area contributed by atoms with E-state index in [1.807, 2.05) is 0 Å². The molecule has 2 aromatic heterocycles. The summed E-state index contributed by atoms with van der Waals surface area (Å²) in [5.41, 5.74) is 15.4. The summed E-state index contributed by atoms with van der Waals surface area (Å²) >= 11 is 0. The van der Waals surface area contributed by atoms with Gasteiger partial charge in [0.1, 0.15) is 0 Å². The number of carboxylic acids is 1. The fourth-order valence-corrected chi connectivity index (χ4v) is 4.00. The zero-order valence-corrected chi connectivity index (χ0v) is 23.4. The van der Waals surface area contributed by atoms with Gasteiger partial charge in [0.2, 0.25) is 11.9 Å². The minimum Gasteiger partial charge on any atom is -0.481 e. The molecule has 0 aliphatic carbocycles. The molecule has 1 unspecified atom stereocenters. The van der Waals surface area contributed by atoms with Gasteiger partial charge >= 0.3 is 5.97 Å². The van der Waals surface area contributed by atoms with E-state index in [9.17, 15) is 24.3 Å². The molecule has 0 saturated heterocycles. The highest BCUT2D eigenvalue weighted by Gasteiger charge is 2.23. The highest BCUT2D eigenvalue weighted by Crippen LogP contribution is 2.17. The predicted octanol–water partition coefficient (Wildman–Crippen LogP) is 1.59. The minimum absolute atomic E-state index is 0.0165. The molecule has 1 atom stereocenters. The lowest BCUT2D eigenvalue weighted by molar-refractivity contribution is -0.142. The molecule has 16 heteroatoms. The van der Waals surface area contributed by atoms with Crippen LogP contribution in [0.4, 0.5) is 5.95 Å². The quantitative estimate of drug-likeness (QED) is 0.0509. The third-order valence-corrected chi connectivity index (χ3v) is 6.27. The predicted molar refractivity (Wildman–Crippen MR) is 154 cm³/mol. The Morgan fingerprint density at radius 1 is 1.09 bits per heavy atom. The van der Waals surface area contributed by atoms with Gasteiger partial charge in [0.15, 0.2) is 16.9 Å². The van der Waals surface area contributed by atoms with Gasteiger partial charge in [-0.2, -0.15) is 4.98 Å². The first-order chi connectivity index (χ1) is 20.8. The van der Waals surface area contributed by atoms with E-state index in [0.717, 1.165) is 5.56 Å². The monoisotopic (exact) mass is 595 g/mol. The van der Waals surface area contributed by atoms with Crippen molar-refractivity contribution in [3.63, 3.8) is 0 Å². The van der Waals surface area contributed by atoms with Gasteiger partial charge in [0.05, 0.1) is 44.2 Å². The van der Waals surface area contributed by atoms with Gasteiger partial charge in [0.25, 0.3) is 5.56 Å². The zero-order valence-electron chi connectivity index (χ0n) is 23.4. The number of aryl methyl sites for hydroxylation is 2. The molecule has 1 amide bonds. The number of H-pyrrole nitrogens is 1. The Morgan fingerprint density at radius 2 is 1.84 bits per heavy atom. The first kappa shape index (κ1) is 32.6. The summed E-state index contributed by atoms with van der Waals surface area (Å²) in [5, 5.41) is 15.6. The average molecular weight is 596 g/mol. The maximum absolute atomic E-state index is 12.8. The number of aromatic nitrogens is 4. The van der Waals surface area contributed by atoms with E-state index in [-0.39, 0.29) is 67.8 Å². The van der Waals surface area contributed by atoms with Crippen molar-refractivity contribution in [3.05, 3.63) is 68.1 Å². The number of ether oxygens (including phenoxy) is 2. The zero-order chi connectivity index (χ0) is 31.0. The van der Waals surface area contributed by atoms with Crippen LogP contribution in [-0.2, 0) is 31.9 Å². The molecule has 43 heavy (non-hydrogen) atoms. The Hall–Kier alpha value is -4.92. The highest BCUT2D eigenvalue weighted by atomic mass is 16.5. The number of aliphatic carboxylic acids is 1. The molecule has 2 heterocycles. The number of ketones is 1. The molecule has 0 bridgehead atoms. The van der Waals surface area contributed by atoms with Gasteiger partial charge in [-0.1, -0.05) is 29.4 Å². The van der Waals surface area contributed by atoms with E-state index in [1.165, 1.54) is 6.20 Å². The number of hydrogen-bond acceptors (Lipinski definition) is 11. The maximum Gasteiger partial charge on any atom is 0.306 e. The van der Waals surface area contributed by atoms with Crippen LogP contribution >= 0.6 is 0 Å². The fraction of sp³-hybridized carbons (Fsp3) is 0.444. The van der Waals surface area contributed by atoms with Crippen LogP contribution in [0, 0.1) is 5.92 Å². The SMILES string of the molecule is [N-]=[N+]=NCCOCCOCCNC(=O)CCC(CC(=O)c1ccc(CCc2cnc3nc(N)[nH]c(=O)c3n2)cc1)C(=O)O. The van der Waals surface area contributed by atoms with Gasteiger partial charge in [-0.15, -0.1) is 0 Å². The third-order valence-electron chi connectivity index (χ3n) is 6.27. The largest absolute Gasteiger partial charge is 0.481 e. The lowest BCUT2D eigenvalue weighted by Gasteiger charge is -2.12. The van der Waals surface area contributed by atoms with Crippen LogP contribution in [0.2, 0.25) is 0 Å². The van der Waals surface area contributed by atoms with Crippen molar-refractivity contribution in [3.8, 4) is 0 Å². The van der Waals surface area contributed by atoms with E-state index >= 15 is 0 Å². The number of Topliss-reactive ketones (excluding diaryl/α,β-unsaturated/α-hetero) is 1. The number of nitrogens with zero attached hydrogens (tertiary/aromatic N) is 6. The second-order valence-corrected chi connectivity index (χ2v) is 9.41. The number of hydrogen-bond donors (Lipinski definition) is 4. The van der Waals surface area contributed by atoms with E-state index in [0.29, 0.717) is 43.9 Å². The van der Waals surface area contributed by atoms with E-state index in [2.05, 4.69) is 35.3 Å². The number of amides is 1.